The monoisotopic (exact) mass is 1080 g/mol. The summed E-state index contributed by atoms with van der Waals surface area (Å²) in [5, 5.41) is 31.0. The molecule has 0 aromatic rings. The topological polar surface area (TPSA) is 295 Å². The number of hydrogen-bond acceptors (Lipinski definition) is 15. The summed E-state index contributed by atoms with van der Waals surface area (Å²) in [4.78, 5) is 111. The van der Waals surface area contributed by atoms with E-state index in [1.54, 1.807) is 0 Å². The second-order valence-electron chi connectivity index (χ2n) is 20.0. The van der Waals surface area contributed by atoms with Gasteiger partial charge in [-0.05, 0) is 76.0 Å². The molecule has 3 rings (SSSR count). The van der Waals surface area contributed by atoms with Crippen LogP contribution in [0.15, 0.2) is 24.0 Å². The van der Waals surface area contributed by atoms with Crippen LogP contribution in [0.4, 0.5) is 4.79 Å². The lowest BCUT2D eigenvalue weighted by atomic mass is 9.73. The molecule has 2 aliphatic heterocycles. The van der Waals surface area contributed by atoms with Gasteiger partial charge in [0.2, 0.25) is 29.5 Å². The third-order valence-electron chi connectivity index (χ3n) is 12.8. The van der Waals surface area contributed by atoms with Crippen LogP contribution in [-0.2, 0) is 57.3 Å². The summed E-state index contributed by atoms with van der Waals surface area (Å²) in [6, 6.07) is -0.546. The van der Waals surface area contributed by atoms with Crippen LogP contribution in [-0.4, -0.2) is 160 Å². The molecule has 0 spiro atoms. The summed E-state index contributed by atoms with van der Waals surface area (Å²) in [5.41, 5.74) is -0.536. The average Bonchev–Trinajstić information content (AvgIpc) is 3.92. The van der Waals surface area contributed by atoms with Crippen molar-refractivity contribution in [3.8, 4) is 0 Å². The largest absolute Gasteiger partial charge is 0.511 e. The van der Waals surface area contributed by atoms with Crippen molar-refractivity contribution in [3.05, 3.63) is 24.0 Å². The number of thioether (sulfide) groups is 1. The molecule has 7 amide bonds. The first-order valence-electron chi connectivity index (χ1n) is 27.1. The number of ether oxygens (including phenoxy) is 4. The first kappa shape index (κ1) is 64.2. The van der Waals surface area contributed by atoms with Gasteiger partial charge in [-0.25, -0.2) is 4.79 Å². The van der Waals surface area contributed by atoms with Gasteiger partial charge in [0, 0.05) is 102 Å². The van der Waals surface area contributed by atoms with Gasteiger partial charge < -0.3 is 61.3 Å². The number of carbonyl (C=O) groups excluding carboxylic acids is 9. The smallest absolute Gasteiger partial charge is 0.315 e. The predicted octanol–water partition coefficient (Wildman–Crippen LogP) is 4.06. The Hall–Kier alpha value is -5.06. The maximum Gasteiger partial charge on any atom is 0.315 e. The molecule has 75 heavy (non-hydrogen) atoms. The number of unbranched alkanes of at least 4 members (excludes halogenated alkanes) is 5. The number of aliphatic hydroxyl groups excluding tert-OH is 1. The second-order valence-corrected chi connectivity index (χ2v) is 21.3. The molecular weight excluding hydrogens is 991 g/mol. The van der Waals surface area contributed by atoms with E-state index in [-0.39, 0.29) is 122 Å². The molecule has 0 bridgehead atoms. The molecule has 0 radical (unpaired) electrons. The van der Waals surface area contributed by atoms with E-state index in [1.807, 2.05) is 25.6 Å². The number of esters is 1. The average molecular weight is 1080 g/mol. The van der Waals surface area contributed by atoms with Crippen LogP contribution in [0.2, 0.25) is 0 Å². The Morgan fingerprint density at radius 1 is 0.653 bits per heavy atom. The first-order chi connectivity index (χ1) is 36.1. The van der Waals surface area contributed by atoms with Crippen LogP contribution in [0.3, 0.4) is 0 Å². The molecule has 1 saturated carbocycles. The molecule has 1 aliphatic carbocycles. The van der Waals surface area contributed by atoms with Gasteiger partial charge in [-0.15, -0.1) is 0 Å². The van der Waals surface area contributed by atoms with E-state index in [0.29, 0.717) is 135 Å². The summed E-state index contributed by atoms with van der Waals surface area (Å²) in [6.45, 7) is 11.4. The molecule has 22 heteroatoms. The summed E-state index contributed by atoms with van der Waals surface area (Å²) >= 11 is 1.88. The molecular formula is C53H87N7O14S. The van der Waals surface area contributed by atoms with Crippen molar-refractivity contribution < 1.29 is 67.2 Å². The van der Waals surface area contributed by atoms with Gasteiger partial charge >= 0.3 is 12.0 Å². The highest BCUT2D eigenvalue weighted by atomic mass is 32.2. The summed E-state index contributed by atoms with van der Waals surface area (Å²) in [5.74, 6) is -1.55. The number of fused-ring (bicyclic) bond motifs is 1. The normalized spacial score (nSPS) is 18.0. The van der Waals surface area contributed by atoms with Crippen molar-refractivity contribution in [3.63, 3.8) is 0 Å². The molecule has 0 aromatic heterocycles. The lowest BCUT2D eigenvalue weighted by molar-refractivity contribution is -0.142. The van der Waals surface area contributed by atoms with Gasteiger partial charge in [0.1, 0.15) is 18.4 Å². The minimum absolute atomic E-state index is 0.0337. The summed E-state index contributed by atoms with van der Waals surface area (Å²) in [7, 11) is 0. The Morgan fingerprint density at radius 3 is 1.83 bits per heavy atom. The lowest BCUT2D eigenvalue weighted by Crippen LogP contribution is -2.47. The van der Waals surface area contributed by atoms with Gasteiger partial charge in [0.05, 0.1) is 44.1 Å². The van der Waals surface area contributed by atoms with E-state index >= 15 is 0 Å². The van der Waals surface area contributed by atoms with E-state index in [9.17, 15) is 48.3 Å². The fraction of sp³-hybridized carbons (Fsp3) is 0.755. The van der Waals surface area contributed by atoms with Crippen LogP contribution in [0.25, 0.3) is 0 Å². The molecule has 424 valence electrons. The standard InChI is InChI=1S/C53H87N7O14S/c1-4-28-74-48(68)21-6-5-12-24-55-46(66)22-23-47(67)58-38(16-11-13-25-54-44(64)19-9-7-17-40(61)49-41(62)35-53(2,3)36-42(49)63)51(69)57-27-15-30-72-32-34-73-33-31-71-29-14-26-56-45(65)20-10-8-18-43-50-39(37-75-43)59-52(70)60-50/h4,38-39,43,50,61H,1,5-37H2,2-3H3,(H,54,64)(H,55,66)(H,56,65)(H,57,69)(H,58,67)(H2,59,60,70)/t38-,39-,43-,50-/m0/s1. The second kappa shape index (κ2) is 37.6. The number of Topliss-reactive ketones (excluding diaryl/α,β-unsaturated/α-hetero) is 2. The van der Waals surface area contributed by atoms with Crippen molar-refractivity contribution in [1.29, 1.82) is 0 Å². The fourth-order valence-electron chi connectivity index (χ4n) is 8.77. The fourth-order valence-corrected chi connectivity index (χ4v) is 10.3. The van der Waals surface area contributed by atoms with E-state index in [1.165, 1.54) is 6.08 Å². The van der Waals surface area contributed by atoms with Gasteiger partial charge in [-0.2, -0.15) is 11.8 Å². The molecule has 2 saturated heterocycles. The van der Waals surface area contributed by atoms with Crippen LogP contribution in [0.5, 0.6) is 0 Å². The predicted molar refractivity (Wildman–Crippen MR) is 283 cm³/mol. The lowest BCUT2D eigenvalue weighted by Gasteiger charge is -2.28. The molecule has 4 atom stereocenters. The Kier molecular flexibility index (Phi) is 32.2. The quantitative estimate of drug-likeness (QED) is 0.00814. The van der Waals surface area contributed by atoms with Gasteiger partial charge in [-0.1, -0.05) is 39.3 Å². The zero-order valence-corrected chi connectivity index (χ0v) is 45.4. The molecule has 3 aliphatic rings. The highest BCUT2D eigenvalue weighted by Gasteiger charge is 2.42. The van der Waals surface area contributed by atoms with E-state index in [0.717, 1.165) is 31.4 Å². The van der Waals surface area contributed by atoms with Gasteiger partial charge in [-0.3, -0.25) is 38.4 Å². The number of nitrogens with one attached hydrogen (secondary N) is 7. The van der Waals surface area contributed by atoms with Crippen molar-refractivity contribution in [2.45, 2.75) is 172 Å². The summed E-state index contributed by atoms with van der Waals surface area (Å²) < 4.78 is 21.8. The number of urea groups is 1. The Labute approximate surface area is 447 Å². The third kappa shape index (κ3) is 28.6. The van der Waals surface area contributed by atoms with E-state index < -0.39 is 17.4 Å². The highest BCUT2D eigenvalue weighted by molar-refractivity contribution is 8.00. The molecule has 0 unspecified atom stereocenters. The van der Waals surface area contributed by atoms with Crippen molar-refractivity contribution in [1.82, 2.24) is 37.2 Å². The summed E-state index contributed by atoms with van der Waals surface area (Å²) in [6.07, 6.45) is 11.0. The SMILES string of the molecule is C=CCOC(=O)CCCCCNC(=O)CCC(=O)N[C@@H](CCCCNC(=O)CCCCC(O)=C1C(=O)CC(C)(C)CC1=O)C(=O)NCCCOCCOCCOCCCNC(=O)CCCC[C@@H]1SC[C@@H]2NC(=O)N[C@@H]21. The number of amides is 7. The number of aliphatic hydroxyl groups is 1. The Bertz CT molecular complexity index is 1860. The zero-order chi connectivity index (χ0) is 54.7. The number of rotatable bonds is 42. The van der Waals surface area contributed by atoms with Crippen LogP contribution in [0.1, 0.15) is 149 Å². The molecule has 2 heterocycles. The molecule has 0 aromatic carbocycles. The van der Waals surface area contributed by atoms with Crippen molar-refractivity contribution in [2.24, 2.45) is 5.41 Å². The zero-order valence-electron chi connectivity index (χ0n) is 44.6. The first-order valence-corrected chi connectivity index (χ1v) is 28.2. The maximum absolute atomic E-state index is 13.3. The molecule has 3 fully saturated rings. The number of carbonyl (C=O) groups is 9. The van der Waals surface area contributed by atoms with Crippen LogP contribution >= 0.6 is 11.8 Å². The highest BCUT2D eigenvalue weighted by Crippen LogP contribution is 2.35. The van der Waals surface area contributed by atoms with E-state index in [2.05, 4.69) is 43.8 Å². The van der Waals surface area contributed by atoms with Crippen molar-refractivity contribution >= 4 is 64.9 Å². The minimum atomic E-state index is -0.867. The van der Waals surface area contributed by atoms with Gasteiger partial charge in [0.25, 0.3) is 0 Å². The van der Waals surface area contributed by atoms with Gasteiger partial charge in [0.15, 0.2) is 11.6 Å². The third-order valence-corrected chi connectivity index (χ3v) is 14.3. The maximum atomic E-state index is 13.3. The van der Waals surface area contributed by atoms with E-state index in [4.69, 9.17) is 18.9 Å². The van der Waals surface area contributed by atoms with Crippen LogP contribution in [0, 0.1) is 5.41 Å². The Balaban J connectivity index is 1.24. The minimum Gasteiger partial charge on any atom is -0.511 e. The number of allylic oxidation sites excluding steroid dienone is 2. The molecule has 8 N–H and O–H groups in total. The number of hydrogen-bond donors (Lipinski definition) is 8. The Morgan fingerprint density at radius 2 is 1.19 bits per heavy atom. The number of ketones is 2. The van der Waals surface area contributed by atoms with Crippen molar-refractivity contribution in [2.75, 3.05) is 78.2 Å². The molecule has 21 nitrogen and oxygen atoms in total. The van der Waals surface area contributed by atoms with Crippen LogP contribution < -0.4 is 37.2 Å².